The van der Waals surface area contributed by atoms with Gasteiger partial charge in [-0.05, 0) is 84.9 Å². The van der Waals surface area contributed by atoms with Gasteiger partial charge in [0.15, 0.2) is 0 Å². The Kier molecular flexibility index (Phi) is 10.2. The molecule has 0 radical (unpaired) electrons. The SMILES string of the molecule is COC(=O)c1ccccc1CCCc1cccc(/C=C/c2ccc3ccc(Cl)cc3n2)c1.OCC1(CS)CC1. The first-order valence-electron chi connectivity index (χ1n) is 13.2. The maximum absolute atomic E-state index is 11.9. The largest absolute Gasteiger partial charge is 0.465 e. The number of benzene rings is 3. The van der Waals surface area contributed by atoms with Gasteiger partial charge in [-0.15, -0.1) is 0 Å². The van der Waals surface area contributed by atoms with Crippen molar-refractivity contribution in [2.45, 2.75) is 32.1 Å². The van der Waals surface area contributed by atoms with Crippen molar-refractivity contribution in [2.75, 3.05) is 19.5 Å². The summed E-state index contributed by atoms with van der Waals surface area (Å²) in [7, 11) is 1.42. The average Bonchev–Trinajstić information content (AvgIpc) is 3.77. The third kappa shape index (κ3) is 8.18. The number of carbonyl (C=O) groups is 1. The number of fused-ring (bicyclic) bond motifs is 1. The van der Waals surface area contributed by atoms with Crippen LogP contribution >= 0.6 is 24.2 Å². The lowest BCUT2D eigenvalue weighted by atomic mass is 9.99. The highest BCUT2D eigenvalue weighted by atomic mass is 35.5. The van der Waals surface area contributed by atoms with Gasteiger partial charge in [0.05, 0.1) is 23.9 Å². The molecule has 0 spiro atoms. The summed E-state index contributed by atoms with van der Waals surface area (Å²) in [6.45, 7) is 0.330. The maximum atomic E-state index is 11.9. The molecule has 1 fully saturated rings. The van der Waals surface area contributed by atoms with Crippen molar-refractivity contribution in [3.63, 3.8) is 0 Å². The van der Waals surface area contributed by atoms with Gasteiger partial charge < -0.3 is 9.84 Å². The summed E-state index contributed by atoms with van der Waals surface area (Å²) in [6.07, 6.45) is 9.16. The van der Waals surface area contributed by atoms with E-state index in [0.717, 1.165) is 52.7 Å². The number of aromatic nitrogens is 1. The molecule has 6 heteroatoms. The van der Waals surface area contributed by atoms with E-state index < -0.39 is 0 Å². The number of aryl methyl sites for hydroxylation is 2. The third-order valence-corrected chi connectivity index (χ3v) is 7.94. The van der Waals surface area contributed by atoms with Crippen LogP contribution in [-0.4, -0.2) is 35.5 Å². The summed E-state index contributed by atoms with van der Waals surface area (Å²) in [6, 6.07) is 25.9. The number of esters is 1. The van der Waals surface area contributed by atoms with Gasteiger partial charge in [-0.1, -0.05) is 72.3 Å². The molecule has 1 N–H and O–H groups in total. The third-order valence-electron chi connectivity index (χ3n) is 7.04. The lowest BCUT2D eigenvalue weighted by Crippen LogP contribution is -2.06. The van der Waals surface area contributed by atoms with E-state index in [0.29, 0.717) is 17.2 Å². The number of carbonyl (C=O) groups excluding carboxylic acids is 1. The Morgan fingerprint density at radius 1 is 1.03 bits per heavy atom. The number of hydrogen-bond acceptors (Lipinski definition) is 5. The molecule has 0 amide bonds. The van der Waals surface area contributed by atoms with E-state index in [9.17, 15) is 4.79 Å². The summed E-state index contributed by atoms with van der Waals surface area (Å²) in [5.41, 5.74) is 6.11. The van der Waals surface area contributed by atoms with Gasteiger partial charge in [-0.2, -0.15) is 12.6 Å². The number of aliphatic hydroxyl groups excluding tert-OH is 1. The van der Waals surface area contributed by atoms with Crippen LogP contribution in [0.3, 0.4) is 0 Å². The van der Waals surface area contributed by atoms with Crippen LogP contribution in [0.2, 0.25) is 5.02 Å². The van der Waals surface area contributed by atoms with Crippen molar-refractivity contribution in [3.05, 3.63) is 112 Å². The fourth-order valence-electron chi connectivity index (χ4n) is 4.31. The molecule has 3 aromatic carbocycles. The average molecular weight is 560 g/mol. The molecule has 1 aliphatic carbocycles. The topological polar surface area (TPSA) is 59.4 Å². The fourth-order valence-corrected chi connectivity index (χ4v) is 4.89. The minimum absolute atomic E-state index is 0.253. The van der Waals surface area contributed by atoms with Crippen LogP contribution in [0.1, 0.15) is 52.0 Å². The van der Waals surface area contributed by atoms with Gasteiger partial charge in [-0.25, -0.2) is 9.78 Å². The molecule has 0 atom stereocenters. The molecule has 5 rings (SSSR count). The Balaban J connectivity index is 0.000000438. The second-order valence-corrected chi connectivity index (χ2v) is 10.7. The minimum Gasteiger partial charge on any atom is -0.465 e. The van der Waals surface area contributed by atoms with Crippen LogP contribution in [0.25, 0.3) is 23.1 Å². The van der Waals surface area contributed by atoms with E-state index in [-0.39, 0.29) is 11.4 Å². The smallest absolute Gasteiger partial charge is 0.338 e. The van der Waals surface area contributed by atoms with Gasteiger partial charge >= 0.3 is 5.97 Å². The molecule has 0 bridgehead atoms. The Bertz CT molecular complexity index is 1440. The molecule has 0 unspecified atom stereocenters. The van der Waals surface area contributed by atoms with Gasteiger partial charge in [0.1, 0.15) is 0 Å². The highest BCUT2D eigenvalue weighted by molar-refractivity contribution is 7.80. The fraction of sp³-hybridized carbons (Fsp3) is 0.273. The number of thiol groups is 1. The van der Waals surface area contributed by atoms with Gasteiger partial charge in [0.2, 0.25) is 0 Å². The molecule has 1 saturated carbocycles. The number of hydrogen-bond donors (Lipinski definition) is 2. The number of pyridine rings is 1. The number of methoxy groups -OCH3 is 1. The molecule has 202 valence electrons. The van der Waals surface area contributed by atoms with Crippen LogP contribution in [-0.2, 0) is 17.6 Å². The van der Waals surface area contributed by atoms with Crippen molar-refractivity contribution in [1.29, 1.82) is 0 Å². The minimum atomic E-state index is -0.280. The second kappa shape index (κ2) is 13.8. The standard InChI is InChI=1S/C28H24ClNO2.C5H10OS/c1-32-28(31)26-11-3-2-9-22(26)10-5-8-20-6-4-7-21(18-20)12-16-25-17-14-23-13-15-24(29)19-27(23)30-25;6-3-5(4-7)1-2-5/h2-4,6-7,9,11-19H,5,8,10H2,1H3;6-7H,1-4H2/b16-12+;. The predicted molar refractivity (Wildman–Crippen MR) is 165 cm³/mol. The van der Waals surface area contributed by atoms with Crippen LogP contribution in [0.4, 0.5) is 0 Å². The molecule has 1 aliphatic rings. The normalized spacial score (nSPS) is 13.6. The molecule has 4 aromatic rings. The van der Waals surface area contributed by atoms with Gasteiger partial charge in [-0.3, -0.25) is 0 Å². The summed E-state index contributed by atoms with van der Waals surface area (Å²) >= 11 is 10.2. The van der Waals surface area contributed by atoms with Gasteiger partial charge in [0.25, 0.3) is 0 Å². The molecule has 1 aromatic heterocycles. The summed E-state index contributed by atoms with van der Waals surface area (Å²) < 4.78 is 4.89. The zero-order valence-corrected chi connectivity index (χ0v) is 23.8. The predicted octanol–water partition coefficient (Wildman–Crippen LogP) is 7.71. The molecule has 0 saturated heterocycles. The quantitative estimate of drug-likeness (QED) is 0.163. The lowest BCUT2D eigenvalue weighted by molar-refractivity contribution is 0.0599. The van der Waals surface area contributed by atoms with E-state index in [4.69, 9.17) is 21.4 Å². The van der Waals surface area contributed by atoms with Crippen molar-refractivity contribution < 1.29 is 14.6 Å². The van der Waals surface area contributed by atoms with E-state index in [1.54, 1.807) is 0 Å². The monoisotopic (exact) mass is 559 g/mol. The first kappa shape index (κ1) is 28.9. The number of nitrogens with zero attached hydrogens (tertiary/aromatic N) is 1. The van der Waals surface area contributed by atoms with E-state index in [2.05, 4.69) is 54.0 Å². The number of rotatable bonds is 9. The Morgan fingerprint density at radius 2 is 1.82 bits per heavy atom. The molecule has 0 aliphatic heterocycles. The Morgan fingerprint density at radius 3 is 2.54 bits per heavy atom. The Hall–Kier alpha value is -3.12. The zero-order valence-electron chi connectivity index (χ0n) is 22.1. The maximum Gasteiger partial charge on any atom is 0.338 e. The highest BCUT2D eigenvalue weighted by Crippen LogP contribution is 2.45. The van der Waals surface area contributed by atoms with Crippen LogP contribution in [0.5, 0.6) is 0 Å². The molecule has 1 heterocycles. The second-order valence-electron chi connectivity index (χ2n) is 9.97. The zero-order chi connectivity index (χ0) is 27.7. The van der Waals surface area contributed by atoms with Gasteiger partial charge in [0, 0.05) is 22.4 Å². The van der Waals surface area contributed by atoms with E-state index >= 15 is 0 Å². The molecule has 4 nitrogen and oxygen atoms in total. The van der Waals surface area contributed by atoms with E-state index in [1.807, 2.05) is 54.6 Å². The van der Waals surface area contributed by atoms with Crippen molar-refractivity contribution in [2.24, 2.45) is 5.41 Å². The van der Waals surface area contributed by atoms with Crippen molar-refractivity contribution >= 4 is 53.3 Å². The van der Waals surface area contributed by atoms with Crippen LogP contribution in [0, 0.1) is 5.41 Å². The van der Waals surface area contributed by atoms with E-state index in [1.165, 1.54) is 25.5 Å². The Labute approximate surface area is 241 Å². The summed E-state index contributed by atoms with van der Waals surface area (Å²) in [5, 5.41) is 10.4. The van der Waals surface area contributed by atoms with Crippen molar-refractivity contribution in [3.8, 4) is 0 Å². The number of aliphatic hydroxyl groups is 1. The summed E-state index contributed by atoms with van der Waals surface area (Å²) in [4.78, 5) is 16.6. The number of halogens is 1. The lowest BCUT2D eigenvalue weighted by Gasteiger charge is -2.08. The highest BCUT2D eigenvalue weighted by Gasteiger charge is 2.40. The van der Waals surface area contributed by atoms with Crippen LogP contribution in [0.15, 0.2) is 78.9 Å². The summed E-state index contributed by atoms with van der Waals surface area (Å²) in [5.74, 6) is 0.570. The van der Waals surface area contributed by atoms with Crippen LogP contribution < -0.4 is 0 Å². The first-order chi connectivity index (χ1) is 18.9. The van der Waals surface area contributed by atoms with Crippen molar-refractivity contribution in [1.82, 2.24) is 4.98 Å². The molecule has 39 heavy (non-hydrogen) atoms. The molecular formula is C33H34ClNO3S. The number of ether oxygens (including phenoxy) is 1. The first-order valence-corrected chi connectivity index (χ1v) is 14.2. The molecular weight excluding hydrogens is 526 g/mol.